The molecule has 4 nitrogen and oxygen atoms in total. The Labute approximate surface area is 171 Å². The third-order valence-electron chi connectivity index (χ3n) is 5.11. The molecule has 146 valence electrons. The van der Waals surface area contributed by atoms with Crippen molar-refractivity contribution in [3.8, 4) is 23.8 Å². The molecule has 0 fully saturated rings. The van der Waals surface area contributed by atoms with Gasteiger partial charge >= 0.3 is 0 Å². The molecule has 1 atom stereocenters. The van der Waals surface area contributed by atoms with E-state index >= 15 is 0 Å². The Bertz CT molecular complexity index is 1130. The second-order valence-electron chi connectivity index (χ2n) is 7.20. The van der Waals surface area contributed by atoms with Crippen molar-refractivity contribution in [3.63, 3.8) is 0 Å². The summed E-state index contributed by atoms with van der Waals surface area (Å²) in [6, 6.07) is 18.4. The van der Waals surface area contributed by atoms with Gasteiger partial charge < -0.3 is 9.84 Å². The number of nitrogens with zero attached hydrogens (tertiary/aromatic N) is 2. The van der Waals surface area contributed by atoms with Crippen LogP contribution in [0.15, 0.2) is 48.5 Å². The highest BCUT2D eigenvalue weighted by Gasteiger charge is 2.27. The lowest BCUT2D eigenvalue weighted by atomic mass is 9.78. The Morgan fingerprint density at radius 2 is 2.00 bits per heavy atom. The number of hydrogen-bond acceptors (Lipinski definition) is 4. The second-order valence-corrected chi connectivity index (χ2v) is 7.20. The maximum atomic E-state index is 10.0. The molecule has 0 saturated heterocycles. The Balaban J connectivity index is 2.00. The molecule has 0 aliphatic heterocycles. The van der Waals surface area contributed by atoms with Crippen LogP contribution in [0.1, 0.15) is 36.1 Å². The van der Waals surface area contributed by atoms with Gasteiger partial charge in [-0.1, -0.05) is 43.0 Å². The largest absolute Gasteiger partial charge is 0.481 e. The van der Waals surface area contributed by atoms with Gasteiger partial charge in [0.2, 0.25) is 5.88 Å². The minimum absolute atomic E-state index is 0.173. The third kappa shape index (κ3) is 4.40. The highest BCUT2D eigenvalue weighted by Crippen LogP contribution is 2.31. The Morgan fingerprint density at radius 1 is 1.17 bits per heavy atom. The molecule has 2 aromatic carbocycles. The molecule has 0 bridgehead atoms. The molecule has 0 aliphatic carbocycles. The molecule has 0 saturated carbocycles. The molecular weight excluding hydrogens is 360 g/mol. The van der Waals surface area contributed by atoms with E-state index in [1.807, 2.05) is 49.4 Å². The van der Waals surface area contributed by atoms with Gasteiger partial charge in [-0.25, -0.2) is 4.98 Å². The highest BCUT2D eigenvalue weighted by atomic mass is 16.5. The van der Waals surface area contributed by atoms with Crippen LogP contribution in [-0.4, -0.2) is 23.8 Å². The number of pyridine rings is 1. The van der Waals surface area contributed by atoms with Gasteiger partial charge in [0.25, 0.3) is 0 Å². The molecule has 1 heterocycles. The summed E-state index contributed by atoms with van der Waals surface area (Å²) < 4.78 is 5.43. The zero-order chi connectivity index (χ0) is 20.9. The Kier molecular flexibility index (Phi) is 6.17. The smallest absolute Gasteiger partial charge is 0.216 e. The van der Waals surface area contributed by atoms with Crippen LogP contribution < -0.4 is 4.74 Å². The molecule has 1 N–H and O–H groups in total. The van der Waals surface area contributed by atoms with Crippen LogP contribution in [0, 0.1) is 23.2 Å². The van der Waals surface area contributed by atoms with Gasteiger partial charge in [-0.05, 0) is 55.2 Å². The van der Waals surface area contributed by atoms with E-state index < -0.39 is 5.41 Å². The van der Waals surface area contributed by atoms with E-state index in [4.69, 9.17) is 9.84 Å². The van der Waals surface area contributed by atoms with E-state index in [1.54, 1.807) is 7.11 Å². The first kappa shape index (κ1) is 20.4. The molecular formula is C25H24N2O2. The zero-order valence-electron chi connectivity index (χ0n) is 17.0. The van der Waals surface area contributed by atoms with Crippen molar-refractivity contribution in [2.24, 2.45) is 0 Å². The van der Waals surface area contributed by atoms with Crippen molar-refractivity contribution in [1.82, 2.24) is 4.98 Å². The van der Waals surface area contributed by atoms with Crippen LogP contribution in [0.2, 0.25) is 0 Å². The summed E-state index contributed by atoms with van der Waals surface area (Å²) in [6.45, 7) is 3.84. The first-order valence-corrected chi connectivity index (χ1v) is 9.61. The number of aryl methyl sites for hydroxylation is 1. The number of nitriles is 1. The summed E-state index contributed by atoms with van der Waals surface area (Å²) in [4.78, 5) is 4.65. The molecule has 0 aliphatic rings. The van der Waals surface area contributed by atoms with Gasteiger partial charge in [-0.2, -0.15) is 5.26 Å². The summed E-state index contributed by atoms with van der Waals surface area (Å²) in [5.74, 6) is 6.21. The summed E-state index contributed by atoms with van der Waals surface area (Å²) in [7, 11) is 1.63. The van der Waals surface area contributed by atoms with E-state index in [2.05, 4.69) is 35.9 Å². The van der Waals surface area contributed by atoms with Gasteiger partial charge in [-0.3, -0.25) is 0 Å². The monoisotopic (exact) mass is 384 g/mol. The average Bonchev–Trinajstić information content (AvgIpc) is 2.76. The lowest BCUT2D eigenvalue weighted by Gasteiger charge is -2.23. The van der Waals surface area contributed by atoms with Crippen LogP contribution in [0.4, 0.5) is 0 Å². The van der Waals surface area contributed by atoms with Crippen LogP contribution >= 0.6 is 0 Å². The molecule has 3 aromatic rings. The number of methoxy groups -OCH3 is 1. The van der Waals surface area contributed by atoms with Crippen molar-refractivity contribution in [2.75, 3.05) is 13.7 Å². The highest BCUT2D eigenvalue weighted by molar-refractivity contribution is 5.81. The standard InChI is InChI=1S/C25H24N2O2/c1-4-20-14-21-10-11-22(15-23(21)27-24(20)29-3)25(2,17-26)16-19-8-5-7-18(13-19)9-6-12-28/h5,7-8,10-11,13-15,28H,4,12,16H2,1-3H3. The van der Waals surface area contributed by atoms with E-state index in [9.17, 15) is 5.26 Å². The summed E-state index contributed by atoms with van der Waals surface area (Å²) in [5.41, 5.74) is 3.94. The Morgan fingerprint density at radius 3 is 2.69 bits per heavy atom. The van der Waals surface area contributed by atoms with Crippen molar-refractivity contribution >= 4 is 10.9 Å². The SMILES string of the molecule is CCc1cc2ccc(C(C)(C#N)Cc3cccc(C#CCO)c3)cc2nc1OC. The maximum absolute atomic E-state index is 10.0. The van der Waals surface area contributed by atoms with E-state index in [0.717, 1.165) is 39.6 Å². The fourth-order valence-corrected chi connectivity index (χ4v) is 3.48. The van der Waals surface area contributed by atoms with Crippen LogP contribution in [0.5, 0.6) is 5.88 Å². The van der Waals surface area contributed by atoms with Crippen molar-refractivity contribution < 1.29 is 9.84 Å². The second kappa shape index (κ2) is 8.78. The van der Waals surface area contributed by atoms with Gasteiger partial charge in [-0.15, -0.1) is 0 Å². The van der Waals surface area contributed by atoms with Gasteiger partial charge in [0, 0.05) is 16.5 Å². The molecule has 0 amide bonds. The minimum Gasteiger partial charge on any atom is -0.481 e. The van der Waals surface area contributed by atoms with Gasteiger partial charge in [0.1, 0.15) is 6.61 Å². The predicted molar refractivity (Wildman–Crippen MR) is 115 cm³/mol. The van der Waals surface area contributed by atoms with Crippen LogP contribution in [0.3, 0.4) is 0 Å². The van der Waals surface area contributed by atoms with Crippen molar-refractivity contribution in [1.29, 1.82) is 5.26 Å². The zero-order valence-corrected chi connectivity index (χ0v) is 17.0. The Hall–Kier alpha value is -3.34. The first-order chi connectivity index (χ1) is 14.0. The fraction of sp³-hybridized carbons (Fsp3) is 0.280. The number of benzene rings is 2. The number of ether oxygens (including phenoxy) is 1. The molecule has 1 unspecified atom stereocenters. The maximum Gasteiger partial charge on any atom is 0.216 e. The number of fused-ring (bicyclic) bond motifs is 1. The van der Waals surface area contributed by atoms with Crippen LogP contribution in [-0.2, 0) is 18.3 Å². The van der Waals surface area contributed by atoms with Crippen molar-refractivity contribution in [2.45, 2.75) is 32.1 Å². The molecule has 0 spiro atoms. The summed E-state index contributed by atoms with van der Waals surface area (Å²) in [5, 5.41) is 19.9. The average molecular weight is 384 g/mol. The lowest BCUT2D eigenvalue weighted by molar-refractivity contribution is 0.350. The molecule has 3 rings (SSSR count). The minimum atomic E-state index is -0.713. The summed E-state index contributed by atoms with van der Waals surface area (Å²) >= 11 is 0. The topological polar surface area (TPSA) is 66.1 Å². The van der Waals surface area contributed by atoms with Crippen LogP contribution in [0.25, 0.3) is 10.9 Å². The fourth-order valence-electron chi connectivity index (χ4n) is 3.48. The third-order valence-corrected chi connectivity index (χ3v) is 5.11. The first-order valence-electron chi connectivity index (χ1n) is 9.61. The van der Waals surface area contributed by atoms with Gasteiger partial charge in [0.05, 0.1) is 24.1 Å². The molecule has 1 aromatic heterocycles. The van der Waals surface area contributed by atoms with E-state index in [-0.39, 0.29) is 6.61 Å². The van der Waals surface area contributed by atoms with E-state index in [1.165, 1.54) is 0 Å². The number of aliphatic hydroxyl groups is 1. The normalized spacial score (nSPS) is 12.5. The summed E-state index contributed by atoms with van der Waals surface area (Å²) in [6.07, 6.45) is 1.40. The van der Waals surface area contributed by atoms with Crippen molar-refractivity contribution in [3.05, 3.63) is 70.8 Å². The quantitative estimate of drug-likeness (QED) is 0.671. The molecule has 4 heteroatoms. The number of hydrogen-bond donors (Lipinski definition) is 1. The van der Waals surface area contributed by atoms with E-state index in [0.29, 0.717) is 12.3 Å². The number of aliphatic hydroxyl groups excluding tert-OH is 1. The molecule has 0 radical (unpaired) electrons. The lowest BCUT2D eigenvalue weighted by Crippen LogP contribution is -2.23. The number of rotatable bonds is 5. The van der Waals surface area contributed by atoms with Gasteiger partial charge in [0.15, 0.2) is 0 Å². The molecule has 29 heavy (non-hydrogen) atoms. The predicted octanol–water partition coefficient (Wildman–Crippen LogP) is 4.17. The number of aromatic nitrogens is 1.